The zero-order valence-electron chi connectivity index (χ0n) is 79.6. The van der Waals surface area contributed by atoms with Crippen molar-refractivity contribution in [1.82, 2.24) is 59.2 Å². The summed E-state index contributed by atoms with van der Waals surface area (Å²) in [6, 6.07) is 32.2. The fourth-order valence-corrected chi connectivity index (χ4v) is 20.2. The van der Waals surface area contributed by atoms with Gasteiger partial charge in [-0.15, -0.1) is 0 Å². The lowest BCUT2D eigenvalue weighted by Gasteiger charge is -2.35. The lowest BCUT2D eigenvalue weighted by atomic mass is 10.0. The van der Waals surface area contributed by atoms with Crippen LogP contribution in [-0.4, -0.2) is 192 Å². The number of amides is 1. The van der Waals surface area contributed by atoms with Crippen LogP contribution in [0.2, 0.25) is 0 Å². The van der Waals surface area contributed by atoms with Gasteiger partial charge in [0.2, 0.25) is 0 Å². The quantitative estimate of drug-likeness (QED) is 0.00765. The molecule has 768 valence electrons. The van der Waals surface area contributed by atoms with Crippen molar-refractivity contribution in [2.75, 3.05) is 32.2 Å². The number of halogens is 4. The highest BCUT2D eigenvalue weighted by molar-refractivity contribution is 7.53. The number of aromatic amines is 2. The number of hydrogen-bond donors (Lipinski definition) is 8. The topological polar surface area (TPSA) is 535 Å². The van der Waals surface area contributed by atoms with Crippen LogP contribution in [0.25, 0.3) is 0 Å². The van der Waals surface area contributed by atoms with Gasteiger partial charge in [-0.3, -0.25) is 75.3 Å². The van der Waals surface area contributed by atoms with Gasteiger partial charge in [-0.1, -0.05) is 79.4 Å². The number of H-pyrrole nitrogens is 2. The summed E-state index contributed by atoms with van der Waals surface area (Å²) in [6.07, 6.45) is -4.54. The number of carbonyl (C=O) groups is 5. The smallest absolute Gasteiger partial charge is 0.459 e. The van der Waals surface area contributed by atoms with Crippen LogP contribution in [0.4, 0.5) is 23.4 Å². The second kappa shape index (κ2) is 49.1. The van der Waals surface area contributed by atoms with E-state index >= 15 is 17.6 Å². The van der Waals surface area contributed by atoms with Crippen molar-refractivity contribution >= 4 is 66.6 Å². The zero-order valence-corrected chi connectivity index (χ0v) is 83.2. The summed E-state index contributed by atoms with van der Waals surface area (Å²) in [5, 5.41) is 12.7. The largest absolute Gasteiger partial charge is 0.462 e. The number of nitrogens with zero attached hydrogens (tertiary/aromatic N) is 5. The molecule has 12 rings (SSSR count). The van der Waals surface area contributed by atoms with Gasteiger partial charge >= 0.3 is 71.9 Å². The maximum Gasteiger partial charge on any atom is 0.459 e. The third-order valence-corrected chi connectivity index (χ3v) is 26.8. The minimum absolute atomic E-state index is 0.000113. The molecule has 1 amide bonds. The molecule has 0 spiro atoms. The number of anilines is 1. The molecule has 8 heterocycles. The van der Waals surface area contributed by atoms with E-state index in [-0.39, 0.29) is 117 Å². The summed E-state index contributed by atoms with van der Waals surface area (Å²) in [5.41, 5.74) is -5.96. The van der Waals surface area contributed by atoms with Crippen molar-refractivity contribution in [3.05, 3.63) is 235 Å². The Morgan fingerprint density at radius 1 is 0.421 bits per heavy atom. The number of aromatic nitrogens is 6. The van der Waals surface area contributed by atoms with Crippen molar-refractivity contribution in [3.63, 3.8) is 0 Å². The van der Waals surface area contributed by atoms with E-state index in [2.05, 4.69) is 47.2 Å². The Labute approximate surface area is 803 Å². The number of nitrogens with one attached hydrogen (secondary N) is 7. The van der Waals surface area contributed by atoms with E-state index in [1.165, 1.54) is 84.8 Å². The van der Waals surface area contributed by atoms with E-state index < -0.39 is 179 Å². The molecule has 3 aromatic heterocycles. The summed E-state index contributed by atoms with van der Waals surface area (Å²) in [7, 11) is -16.6. The monoisotopic (exact) mass is 2050 g/mol. The van der Waals surface area contributed by atoms with Crippen LogP contribution in [0.5, 0.6) is 23.0 Å². The first-order chi connectivity index (χ1) is 65.5. The van der Waals surface area contributed by atoms with Crippen LogP contribution in [0.1, 0.15) is 155 Å². The number of carbonyl (C=O) groups excluding carboxylic acids is 5. The first-order valence-electron chi connectivity index (χ1n) is 44.3. The Kier molecular flexibility index (Phi) is 39.4. The SMILES string of the molecule is C=C1NC(=O)C=CN1[C@@H]1O[C@H](CO[P@](=O)(N[C@@H](C)C(=O)OC(C)C)Oc2ccccc2)C[C@@]1(C)F.CC(C)OC(=O)[C@H](C)NP(=O)(OC[C@@H]1C[C@@](C)(F)[C@H](n2ccc(=O)[nH]c2=O)O1)Oc1ccccc1.CC(C)OC(=O)[C@H](C)N[P@@](=O)(OC[C@@H]1C[C@@](C)(F)[C@H](n2ccc(N)nc2=O)O1)Oc1ccccc1.CC(C)OC(=O)[C@H](C)N[P@](=O)(OC[C@@H]1C[C@@](C)(F)[C@H](n2ccc(=O)[nH]c2=O)O1)Oc1ccccc1. The van der Waals surface area contributed by atoms with E-state index in [0.717, 1.165) is 38.2 Å². The minimum Gasteiger partial charge on any atom is -0.462 e. The minimum atomic E-state index is -4.17. The standard InChI is InChI=1S/C23H31FN3O7P.C22H30FN4O7P.2C22H29FN3O8P/c1-15(2)32-21(29)16(3)26-35(30,34-18-9-7-6-8-10-18)31-14-19-13-23(5,24)22(33-19)27-12-11-20(28)25-17(27)4;1-14(2)32-19(28)15(3)26-35(30,34-16-8-6-5-7-9-16)31-13-17-12-22(4,23)20(33-17)27-11-10-18(24)25-21(27)29;2*1-14(2)32-19(28)15(3)25-35(30,34-16-8-6-5-7-9-16)31-13-17-12-22(4,23)20(33-17)26-11-10-18(27)24-21(26)29/h6-12,15-16,19,22H,4,13-14H2,1-3,5H3,(H,25,28)(H,26,30);5-11,14-15,17,20H,12-13H2,1-4H3,(H,26,30)(H2,24,25,29);2*5-11,14-15,17,20H,12-13H2,1-4H3,(H,25,30)(H,24,27,29)/t16-,19-,22+,23+,35+;15-,17-,20+,22+,35+;15-,17-,20+,22+,35?;15-,17-,20+,22+,35-/m0000/s1. The Morgan fingerprint density at radius 3 is 0.936 bits per heavy atom. The molecule has 4 saturated heterocycles. The molecule has 0 saturated carbocycles. The predicted molar refractivity (Wildman–Crippen MR) is 499 cm³/mol. The molecular formula is C89H119F4N13O30P4. The van der Waals surface area contributed by atoms with E-state index in [9.17, 15) is 66.2 Å². The lowest BCUT2D eigenvalue weighted by Crippen LogP contribution is -2.48. The van der Waals surface area contributed by atoms with Gasteiger partial charge in [-0.2, -0.15) is 25.3 Å². The fourth-order valence-electron chi connectivity index (χ4n) is 14.1. The number of benzene rings is 4. The summed E-state index contributed by atoms with van der Waals surface area (Å²) < 4.78 is 206. The molecule has 5 aliphatic heterocycles. The zero-order chi connectivity index (χ0) is 103. The van der Waals surface area contributed by atoms with Crippen LogP contribution in [0, 0.1) is 0 Å². The number of alkyl halides is 4. The van der Waals surface area contributed by atoms with Crippen LogP contribution >= 0.6 is 31.0 Å². The van der Waals surface area contributed by atoms with E-state index in [1.54, 1.807) is 177 Å². The molecule has 5 aliphatic rings. The molecule has 51 heteroatoms. The third-order valence-electron chi connectivity index (χ3n) is 20.2. The van der Waals surface area contributed by atoms with Crippen molar-refractivity contribution in [1.29, 1.82) is 0 Å². The Morgan fingerprint density at radius 2 is 0.679 bits per heavy atom. The number of nitrogens with two attached hydrogens (primary N) is 1. The van der Waals surface area contributed by atoms with Crippen LogP contribution in [-0.2, 0) is 98.2 Å². The van der Waals surface area contributed by atoms with Gasteiger partial charge in [-0.05, 0) is 165 Å². The molecule has 0 aliphatic carbocycles. The maximum absolute atomic E-state index is 15.4. The summed E-state index contributed by atoms with van der Waals surface area (Å²) in [5.74, 6) is -1.90. The van der Waals surface area contributed by atoms with Gasteiger partial charge < -0.3 is 71.9 Å². The molecule has 7 aromatic rings. The van der Waals surface area contributed by atoms with Gasteiger partial charge in [0.25, 0.3) is 17.0 Å². The Hall–Kier alpha value is -11.1. The fraction of sp³-hybridized carbons (Fsp3) is 0.494. The third kappa shape index (κ3) is 33.5. The number of ether oxygens (including phenoxy) is 8. The summed E-state index contributed by atoms with van der Waals surface area (Å²) in [4.78, 5) is 129. The summed E-state index contributed by atoms with van der Waals surface area (Å²) in [6.45, 7) is 26.7. The molecule has 4 aromatic carbocycles. The number of nitrogen functional groups attached to an aromatic ring is 1. The molecule has 140 heavy (non-hydrogen) atoms. The number of rotatable bonds is 40. The van der Waals surface area contributed by atoms with Crippen molar-refractivity contribution < 1.29 is 134 Å². The first-order valence-corrected chi connectivity index (χ1v) is 50.4. The van der Waals surface area contributed by atoms with Gasteiger partial charge in [0.05, 0.1) is 75.3 Å². The Bertz CT molecular complexity index is 5740. The molecule has 0 radical (unpaired) electrons. The van der Waals surface area contributed by atoms with Crippen LogP contribution < -0.4 is 77.7 Å². The molecule has 20 atom stereocenters. The second-order valence-electron chi connectivity index (χ2n) is 34.7. The van der Waals surface area contributed by atoms with E-state index in [0.29, 0.717) is 0 Å². The van der Waals surface area contributed by atoms with Crippen molar-refractivity contribution in [2.24, 2.45) is 0 Å². The van der Waals surface area contributed by atoms with Crippen LogP contribution in [0.3, 0.4) is 0 Å². The molecule has 0 bridgehead atoms. The number of esters is 4. The van der Waals surface area contributed by atoms with Gasteiger partial charge in [-0.25, -0.2) is 50.2 Å². The number of hydrogen-bond acceptors (Lipinski definition) is 33. The maximum atomic E-state index is 15.4. The lowest BCUT2D eigenvalue weighted by molar-refractivity contribution is -0.150. The molecule has 1 unspecified atom stereocenters. The second-order valence-corrected chi connectivity index (χ2v) is 41.5. The summed E-state index contributed by atoms with van der Waals surface area (Å²) >= 11 is 0. The molecule has 9 N–H and O–H groups in total. The van der Waals surface area contributed by atoms with Gasteiger partial charge in [0.1, 0.15) is 58.8 Å². The molecule has 43 nitrogen and oxygen atoms in total. The molecule has 4 fully saturated rings. The van der Waals surface area contributed by atoms with Gasteiger partial charge in [0, 0.05) is 68.7 Å². The molecular weight excluding hydrogens is 1930 g/mol. The highest BCUT2D eigenvalue weighted by atomic mass is 31.2. The first kappa shape index (κ1) is 113. The van der Waals surface area contributed by atoms with Crippen LogP contribution in [0.15, 0.2) is 207 Å². The van der Waals surface area contributed by atoms with Gasteiger partial charge in [0.15, 0.2) is 47.6 Å². The number of para-hydroxylation sites is 4. The average molecular weight is 2050 g/mol. The highest BCUT2D eigenvalue weighted by Crippen LogP contribution is 2.53. The van der Waals surface area contributed by atoms with E-state index in [1.807, 2.05) is 0 Å². The Balaban J connectivity index is 0.000000209. The van der Waals surface area contributed by atoms with E-state index in [4.69, 9.17) is 79.8 Å². The predicted octanol–water partition coefficient (Wildman–Crippen LogP) is 11.7. The van der Waals surface area contributed by atoms with Crippen molar-refractivity contribution in [3.8, 4) is 23.0 Å². The average Bonchev–Trinajstić information content (AvgIpc) is 1.62. The normalized spacial score (nSPS) is 25.2. The highest BCUT2D eigenvalue weighted by Gasteiger charge is 2.54. The van der Waals surface area contributed by atoms with Crippen molar-refractivity contribution in [2.45, 2.75) is 257 Å².